The van der Waals surface area contributed by atoms with Crippen LogP contribution in [0.1, 0.15) is 58.3 Å². The summed E-state index contributed by atoms with van der Waals surface area (Å²) in [4.78, 5) is 21.9. The number of hydrogen-bond acceptors (Lipinski definition) is 2. The molecule has 0 N–H and O–H groups in total. The van der Waals surface area contributed by atoms with E-state index in [-0.39, 0.29) is 11.7 Å². The van der Waals surface area contributed by atoms with Gasteiger partial charge in [-0.15, -0.1) is 11.6 Å². The van der Waals surface area contributed by atoms with Crippen LogP contribution in [-0.4, -0.2) is 17.4 Å². The minimum Gasteiger partial charge on any atom is -0.291 e. The van der Waals surface area contributed by atoms with Gasteiger partial charge in [-0.05, 0) is 6.42 Å². The third-order valence-electron chi connectivity index (χ3n) is 2.44. The number of carbonyl (C=O) groups is 2. The maximum absolute atomic E-state index is 11.1. The molecular weight excluding hydrogens is 212 g/mol. The summed E-state index contributed by atoms with van der Waals surface area (Å²) in [5, 5.41) is 0. The molecule has 0 aromatic carbocycles. The van der Waals surface area contributed by atoms with E-state index < -0.39 is 5.78 Å². The summed E-state index contributed by atoms with van der Waals surface area (Å²) in [6, 6.07) is 0. The van der Waals surface area contributed by atoms with Crippen LogP contribution in [0.4, 0.5) is 0 Å². The molecule has 0 aromatic heterocycles. The summed E-state index contributed by atoms with van der Waals surface area (Å²) in [5.41, 5.74) is 0. The summed E-state index contributed by atoms with van der Waals surface area (Å²) >= 11 is 5.27. The van der Waals surface area contributed by atoms with E-state index in [4.69, 9.17) is 11.6 Å². The molecule has 2 nitrogen and oxygen atoms in total. The Morgan fingerprint density at radius 2 is 1.40 bits per heavy atom. The van der Waals surface area contributed by atoms with Crippen LogP contribution in [0.5, 0.6) is 0 Å². The standard InChI is InChI=1S/C12H21ClO2/c1-2-3-4-5-6-7-8-9-11(14)12(15)10-13/h2-10H2,1H3. The Morgan fingerprint density at radius 1 is 0.867 bits per heavy atom. The summed E-state index contributed by atoms with van der Waals surface area (Å²) in [6.45, 7) is 2.19. The monoisotopic (exact) mass is 232 g/mol. The smallest absolute Gasteiger partial charge is 0.213 e. The summed E-state index contributed by atoms with van der Waals surface area (Å²) in [7, 11) is 0. The molecule has 0 unspecified atom stereocenters. The van der Waals surface area contributed by atoms with Crippen LogP contribution in [0.15, 0.2) is 0 Å². The van der Waals surface area contributed by atoms with E-state index >= 15 is 0 Å². The number of rotatable bonds is 10. The van der Waals surface area contributed by atoms with Crippen LogP contribution in [0, 0.1) is 0 Å². The van der Waals surface area contributed by atoms with E-state index in [0.29, 0.717) is 6.42 Å². The number of halogens is 1. The molecule has 0 aliphatic rings. The Hall–Kier alpha value is -0.370. The molecule has 0 aliphatic carbocycles. The van der Waals surface area contributed by atoms with E-state index in [1.807, 2.05) is 0 Å². The zero-order valence-corrected chi connectivity index (χ0v) is 10.3. The van der Waals surface area contributed by atoms with E-state index in [2.05, 4.69) is 6.92 Å². The van der Waals surface area contributed by atoms with Gasteiger partial charge in [-0.25, -0.2) is 0 Å². The quantitative estimate of drug-likeness (QED) is 0.328. The highest BCUT2D eigenvalue weighted by Crippen LogP contribution is 2.08. The molecule has 0 fully saturated rings. The van der Waals surface area contributed by atoms with Crippen molar-refractivity contribution in [2.45, 2.75) is 58.3 Å². The van der Waals surface area contributed by atoms with Crippen molar-refractivity contribution < 1.29 is 9.59 Å². The van der Waals surface area contributed by atoms with Crippen molar-refractivity contribution in [2.75, 3.05) is 5.88 Å². The zero-order chi connectivity index (χ0) is 11.5. The van der Waals surface area contributed by atoms with Gasteiger partial charge in [-0.1, -0.05) is 45.4 Å². The fourth-order valence-corrected chi connectivity index (χ4v) is 1.61. The van der Waals surface area contributed by atoms with E-state index in [1.165, 1.54) is 32.1 Å². The van der Waals surface area contributed by atoms with Crippen molar-refractivity contribution in [1.29, 1.82) is 0 Å². The molecule has 0 heterocycles. The SMILES string of the molecule is CCCCCCCCCC(=O)C(=O)CCl. The lowest BCUT2D eigenvalue weighted by atomic mass is 10.1. The average Bonchev–Trinajstić information content (AvgIpc) is 2.26. The van der Waals surface area contributed by atoms with E-state index in [0.717, 1.165) is 12.8 Å². The highest BCUT2D eigenvalue weighted by Gasteiger charge is 2.10. The number of unbranched alkanes of at least 4 members (excludes halogenated alkanes) is 6. The second-order valence-corrected chi connectivity index (χ2v) is 4.12. The highest BCUT2D eigenvalue weighted by atomic mass is 35.5. The van der Waals surface area contributed by atoms with E-state index in [1.54, 1.807) is 0 Å². The molecule has 0 amide bonds. The van der Waals surface area contributed by atoms with Crippen molar-refractivity contribution in [2.24, 2.45) is 0 Å². The van der Waals surface area contributed by atoms with Crippen LogP contribution < -0.4 is 0 Å². The fourth-order valence-electron chi connectivity index (χ4n) is 1.46. The van der Waals surface area contributed by atoms with Gasteiger partial charge in [0.25, 0.3) is 0 Å². The highest BCUT2D eigenvalue weighted by molar-refractivity contribution is 6.47. The van der Waals surface area contributed by atoms with Crippen molar-refractivity contribution in [3.8, 4) is 0 Å². The third-order valence-corrected chi connectivity index (χ3v) is 2.68. The Kier molecular flexibility index (Phi) is 9.91. The van der Waals surface area contributed by atoms with Crippen molar-refractivity contribution in [3.63, 3.8) is 0 Å². The number of alkyl halides is 1. The first-order chi connectivity index (χ1) is 7.22. The molecule has 0 atom stereocenters. The summed E-state index contributed by atoms with van der Waals surface area (Å²) in [6.07, 6.45) is 8.49. The van der Waals surface area contributed by atoms with Crippen LogP contribution >= 0.6 is 11.6 Å². The van der Waals surface area contributed by atoms with Crippen LogP contribution in [0.25, 0.3) is 0 Å². The molecule has 0 radical (unpaired) electrons. The Bertz CT molecular complexity index is 190. The molecule has 15 heavy (non-hydrogen) atoms. The minimum atomic E-state index is -0.442. The van der Waals surface area contributed by atoms with Crippen molar-refractivity contribution in [1.82, 2.24) is 0 Å². The fraction of sp³-hybridized carbons (Fsp3) is 0.833. The molecule has 88 valence electrons. The minimum absolute atomic E-state index is 0.171. The molecule has 0 spiro atoms. The van der Waals surface area contributed by atoms with Gasteiger partial charge in [0.1, 0.15) is 0 Å². The lowest BCUT2D eigenvalue weighted by molar-refractivity contribution is -0.135. The zero-order valence-electron chi connectivity index (χ0n) is 9.56. The predicted molar refractivity (Wildman–Crippen MR) is 63.3 cm³/mol. The third kappa shape index (κ3) is 8.61. The van der Waals surface area contributed by atoms with Crippen molar-refractivity contribution >= 4 is 23.2 Å². The number of ketones is 2. The van der Waals surface area contributed by atoms with Gasteiger partial charge in [0.2, 0.25) is 5.78 Å². The maximum Gasteiger partial charge on any atom is 0.213 e. The largest absolute Gasteiger partial charge is 0.291 e. The normalized spacial score (nSPS) is 10.3. The van der Waals surface area contributed by atoms with Gasteiger partial charge in [0, 0.05) is 6.42 Å². The lowest BCUT2D eigenvalue weighted by Gasteiger charge is -2.00. The first-order valence-electron chi connectivity index (χ1n) is 5.84. The first-order valence-corrected chi connectivity index (χ1v) is 6.37. The topological polar surface area (TPSA) is 34.1 Å². The molecule has 0 rings (SSSR count). The second kappa shape index (κ2) is 10.2. The molecule has 0 saturated carbocycles. The molecule has 0 aromatic rings. The van der Waals surface area contributed by atoms with Gasteiger partial charge < -0.3 is 0 Å². The van der Waals surface area contributed by atoms with Gasteiger partial charge in [-0.2, -0.15) is 0 Å². The first kappa shape index (κ1) is 14.6. The van der Waals surface area contributed by atoms with Gasteiger partial charge in [-0.3, -0.25) is 9.59 Å². The Balaban J connectivity index is 3.24. The molecule has 0 aliphatic heterocycles. The molecule has 3 heteroatoms. The summed E-state index contributed by atoms with van der Waals surface area (Å²) in [5.74, 6) is -0.920. The van der Waals surface area contributed by atoms with Crippen molar-refractivity contribution in [3.05, 3.63) is 0 Å². The number of carbonyl (C=O) groups excluding carboxylic acids is 2. The van der Waals surface area contributed by atoms with Crippen LogP contribution in [-0.2, 0) is 9.59 Å². The Labute approximate surface area is 97.4 Å². The Morgan fingerprint density at radius 3 is 1.93 bits per heavy atom. The number of Topliss-reactive ketones (excluding diaryl/α,β-unsaturated/α-hetero) is 2. The van der Waals surface area contributed by atoms with Crippen LogP contribution in [0.3, 0.4) is 0 Å². The average molecular weight is 233 g/mol. The van der Waals surface area contributed by atoms with Gasteiger partial charge in [0.05, 0.1) is 5.88 Å². The van der Waals surface area contributed by atoms with E-state index in [9.17, 15) is 9.59 Å². The van der Waals surface area contributed by atoms with Crippen LogP contribution in [0.2, 0.25) is 0 Å². The molecule has 0 saturated heterocycles. The number of hydrogen-bond donors (Lipinski definition) is 0. The molecule has 0 bridgehead atoms. The summed E-state index contributed by atoms with van der Waals surface area (Å²) < 4.78 is 0. The predicted octanol–water partition coefficient (Wildman–Crippen LogP) is 3.50. The second-order valence-electron chi connectivity index (χ2n) is 3.85. The van der Waals surface area contributed by atoms with Gasteiger partial charge >= 0.3 is 0 Å². The molecular formula is C12H21ClO2. The maximum atomic E-state index is 11.1. The lowest BCUT2D eigenvalue weighted by Crippen LogP contribution is -2.14. The van der Waals surface area contributed by atoms with Gasteiger partial charge in [0.15, 0.2) is 5.78 Å².